The predicted octanol–water partition coefficient (Wildman–Crippen LogP) is 1.86. The molecule has 2 atom stereocenters. The van der Waals surface area contributed by atoms with Gasteiger partial charge in [0.25, 0.3) is 0 Å². The van der Waals surface area contributed by atoms with Gasteiger partial charge in [-0.05, 0) is 25.7 Å². The average Bonchev–Trinajstić information content (AvgIpc) is 2.44. The maximum absolute atomic E-state index is 11.8. The zero-order chi connectivity index (χ0) is 11.6. The van der Waals surface area contributed by atoms with Crippen molar-refractivity contribution in [2.75, 3.05) is 6.54 Å². The highest BCUT2D eigenvalue weighted by atomic mass is 16.2. The van der Waals surface area contributed by atoms with Gasteiger partial charge >= 0.3 is 0 Å². The maximum Gasteiger partial charge on any atom is 0.226 e. The van der Waals surface area contributed by atoms with E-state index < -0.39 is 0 Å². The largest absolute Gasteiger partial charge is 0.332 e. The molecule has 0 aromatic rings. The molecule has 1 aliphatic heterocycles. The lowest BCUT2D eigenvalue weighted by Crippen LogP contribution is -2.42. The Hall–Kier alpha value is -0.860. The van der Waals surface area contributed by atoms with Crippen molar-refractivity contribution in [3.05, 3.63) is 0 Å². The van der Waals surface area contributed by atoms with Crippen LogP contribution in [0.15, 0.2) is 0 Å². The van der Waals surface area contributed by atoms with Crippen molar-refractivity contribution in [1.82, 2.24) is 4.90 Å². The molecule has 1 fully saturated rings. The van der Waals surface area contributed by atoms with Gasteiger partial charge in [0.1, 0.15) is 0 Å². The highest BCUT2D eigenvalue weighted by Gasteiger charge is 2.35. The molecule has 15 heavy (non-hydrogen) atoms. The molecule has 0 aromatic heterocycles. The highest BCUT2D eigenvalue weighted by Crippen LogP contribution is 2.23. The van der Waals surface area contributed by atoms with Gasteiger partial charge in [-0.1, -0.05) is 20.8 Å². The van der Waals surface area contributed by atoms with E-state index in [1.807, 2.05) is 6.92 Å². The van der Waals surface area contributed by atoms with Crippen molar-refractivity contribution in [1.29, 1.82) is 0 Å². The Labute approximate surface area is 91.8 Å². The summed E-state index contributed by atoms with van der Waals surface area (Å²) in [6, 6.07) is -0.192. The summed E-state index contributed by atoms with van der Waals surface area (Å²) < 4.78 is 0. The standard InChI is InChI=1S/C12H21NO2/c1-8(2)7-11(10(4)14)13-6-5-9(3)12(13)15/h8-9,11H,5-7H2,1-4H3/t9-,11-/m0/s1. The van der Waals surface area contributed by atoms with Gasteiger partial charge < -0.3 is 4.90 Å². The van der Waals surface area contributed by atoms with Crippen LogP contribution in [0.2, 0.25) is 0 Å². The number of nitrogens with zero attached hydrogens (tertiary/aromatic N) is 1. The molecule has 86 valence electrons. The number of ketones is 1. The zero-order valence-corrected chi connectivity index (χ0v) is 10.1. The molecule has 1 saturated heterocycles. The summed E-state index contributed by atoms with van der Waals surface area (Å²) in [7, 11) is 0. The van der Waals surface area contributed by atoms with Gasteiger partial charge in [0.05, 0.1) is 6.04 Å². The van der Waals surface area contributed by atoms with Crippen LogP contribution < -0.4 is 0 Å². The fourth-order valence-corrected chi connectivity index (χ4v) is 2.12. The first-order valence-electron chi connectivity index (χ1n) is 5.74. The Kier molecular flexibility index (Phi) is 3.89. The van der Waals surface area contributed by atoms with Crippen LogP contribution in [0.1, 0.15) is 40.5 Å². The second-order valence-corrected chi connectivity index (χ2v) is 4.98. The van der Waals surface area contributed by atoms with Crippen LogP contribution in [0.4, 0.5) is 0 Å². The molecule has 0 radical (unpaired) electrons. The van der Waals surface area contributed by atoms with Gasteiger partial charge in [0, 0.05) is 12.5 Å². The van der Waals surface area contributed by atoms with Gasteiger partial charge in [0.15, 0.2) is 5.78 Å². The summed E-state index contributed by atoms with van der Waals surface area (Å²) >= 11 is 0. The fourth-order valence-electron chi connectivity index (χ4n) is 2.12. The van der Waals surface area contributed by atoms with E-state index in [1.54, 1.807) is 11.8 Å². The molecule has 0 spiro atoms. The molecule has 0 aromatic carbocycles. The molecular weight excluding hydrogens is 190 g/mol. The first kappa shape index (κ1) is 12.2. The molecule has 3 nitrogen and oxygen atoms in total. The molecule has 0 unspecified atom stereocenters. The maximum atomic E-state index is 11.8. The second-order valence-electron chi connectivity index (χ2n) is 4.98. The van der Waals surface area contributed by atoms with Crippen molar-refractivity contribution >= 4 is 11.7 Å². The quantitative estimate of drug-likeness (QED) is 0.711. The minimum Gasteiger partial charge on any atom is -0.332 e. The topological polar surface area (TPSA) is 37.4 Å². The lowest BCUT2D eigenvalue weighted by atomic mass is 9.99. The first-order valence-corrected chi connectivity index (χ1v) is 5.74. The Bertz CT molecular complexity index is 260. The van der Waals surface area contributed by atoms with Gasteiger partial charge in [-0.15, -0.1) is 0 Å². The first-order chi connectivity index (χ1) is 6.93. The third-order valence-corrected chi connectivity index (χ3v) is 3.05. The smallest absolute Gasteiger partial charge is 0.226 e. The molecule has 1 rings (SSSR count). The average molecular weight is 211 g/mol. The summed E-state index contributed by atoms with van der Waals surface area (Å²) in [4.78, 5) is 25.1. The number of likely N-dealkylation sites (tertiary alicyclic amines) is 1. The molecule has 1 heterocycles. The third kappa shape index (κ3) is 2.80. The number of carbonyl (C=O) groups excluding carboxylic acids is 2. The number of rotatable bonds is 4. The van der Waals surface area contributed by atoms with Crippen LogP contribution in [0, 0.1) is 11.8 Å². The highest BCUT2D eigenvalue weighted by molar-refractivity contribution is 5.89. The molecule has 3 heteroatoms. The zero-order valence-electron chi connectivity index (χ0n) is 10.1. The Morgan fingerprint density at radius 3 is 2.47 bits per heavy atom. The van der Waals surface area contributed by atoms with E-state index in [9.17, 15) is 9.59 Å². The normalized spacial score (nSPS) is 23.7. The van der Waals surface area contributed by atoms with Crippen molar-refractivity contribution < 1.29 is 9.59 Å². The molecule has 0 saturated carbocycles. The molecule has 0 N–H and O–H groups in total. The van der Waals surface area contributed by atoms with Crippen LogP contribution in [-0.4, -0.2) is 29.2 Å². The van der Waals surface area contributed by atoms with Crippen LogP contribution in [0.5, 0.6) is 0 Å². The lowest BCUT2D eigenvalue weighted by molar-refractivity contribution is -0.138. The van der Waals surface area contributed by atoms with Gasteiger partial charge in [-0.25, -0.2) is 0 Å². The summed E-state index contributed by atoms with van der Waals surface area (Å²) in [5.74, 6) is 0.809. The lowest BCUT2D eigenvalue weighted by Gasteiger charge is -2.27. The molecule has 0 aliphatic carbocycles. The molecule has 0 bridgehead atoms. The number of carbonyl (C=O) groups is 2. The minimum absolute atomic E-state index is 0.0963. The van der Waals surface area contributed by atoms with Crippen molar-refractivity contribution in [3.8, 4) is 0 Å². The van der Waals surface area contributed by atoms with Crippen LogP contribution >= 0.6 is 0 Å². The van der Waals surface area contributed by atoms with Gasteiger partial charge in [-0.3, -0.25) is 9.59 Å². The monoisotopic (exact) mass is 211 g/mol. The number of amides is 1. The van der Waals surface area contributed by atoms with Gasteiger partial charge in [-0.2, -0.15) is 0 Å². The van der Waals surface area contributed by atoms with E-state index in [2.05, 4.69) is 13.8 Å². The summed E-state index contributed by atoms with van der Waals surface area (Å²) in [5, 5.41) is 0. The van der Waals surface area contributed by atoms with Crippen molar-refractivity contribution in [3.63, 3.8) is 0 Å². The van der Waals surface area contributed by atoms with E-state index >= 15 is 0 Å². The minimum atomic E-state index is -0.192. The summed E-state index contributed by atoms with van der Waals surface area (Å²) in [6.07, 6.45) is 1.68. The van der Waals surface area contributed by atoms with Crippen molar-refractivity contribution in [2.24, 2.45) is 11.8 Å². The van der Waals surface area contributed by atoms with E-state index in [0.717, 1.165) is 19.4 Å². The Morgan fingerprint density at radius 2 is 2.13 bits per heavy atom. The number of hydrogen-bond donors (Lipinski definition) is 0. The van der Waals surface area contributed by atoms with Crippen LogP contribution in [0.3, 0.4) is 0 Å². The van der Waals surface area contributed by atoms with Gasteiger partial charge in [0.2, 0.25) is 5.91 Å². The van der Waals surface area contributed by atoms with Crippen molar-refractivity contribution in [2.45, 2.75) is 46.6 Å². The van der Waals surface area contributed by atoms with Crippen LogP contribution in [0.25, 0.3) is 0 Å². The van der Waals surface area contributed by atoms with Crippen LogP contribution in [-0.2, 0) is 9.59 Å². The van der Waals surface area contributed by atoms with E-state index in [-0.39, 0.29) is 23.7 Å². The molecule has 1 aliphatic rings. The summed E-state index contributed by atoms with van der Waals surface area (Å²) in [5.41, 5.74) is 0. The fraction of sp³-hybridized carbons (Fsp3) is 0.833. The Balaban J connectivity index is 2.72. The molecular formula is C12H21NO2. The summed E-state index contributed by atoms with van der Waals surface area (Å²) in [6.45, 7) is 8.44. The SMILES string of the molecule is CC(=O)[C@H](CC(C)C)N1CC[C@H](C)C1=O. The Morgan fingerprint density at radius 1 is 1.53 bits per heavy atom. The predicted molar refractivity (Wildman–Crippen MR) is 59.4 cm³/mol. The number of Topliss-reactive ketones (excluding diaryl/α,β-unsaturated/α-hetero) is 1. The van der Waals surface area contributed by atoms with E-state index in [1.165, 1.54) is 0 Å². The van der Waals surface area contributed by atoms with E-state index in [4.69, 9.17) is 0 Å². The number of hydrogen-bond acceptors (Lipinski definition) is 2. The van der Waals surface area contributed by atoms with E-state index in [0.29, 0.717) is 5.92 Å². The third-order valence-electron chi connectivity index (χ3n) is 3.05. The second kappa shape index (κ2) is 4.77. The molecule has 1 amide bonds.